The average Bonchev–Trinajstić information content (AvgIpc) is 3.67. The highest BCUT2D eigenvalue weighted by Gasteiger charge is 2.72. The van der Waals surface area contributed by atoms with Crippen molar-refractivity contribution in [2.75, 3.05) is 19.8 Å². The molecule has 19 nitrogen and oxygen atoms in total. The molecule has 0 radical (unpaired) electrons. The molecule has 0 aromatic carbocycles. The van der Waals surface area contributed by atoms with Crippen molar-refractivity contribution in [1.82, 2.24) is 0 Å². The maximum Gasteiger partial charge on any atom is 0.187 e. The van der Waals surface area contributed by atoms with E-state index >= 15 is 0 Å². The van der Waals surface area contributed by atoms with Crippen LogP contribution >= 0.6 is 0 Å². The van der Waals surface area contributed by atoms with Crippen LogP contribution in [0.15, 0.2) is 12.2 Å². The molecule has 4 aliphatic carbocycles. The highest BCUT2D eigenvalue weighted by molar-refractivity contribution is 5.20. The van der Waals surface area contributed by atoms with Crippen molar-refractivity contribution in [3.63, 3.8) is 0 Å². The zero-order valence-electron chi connectivity index (χ0n) is 40.2. The summed E-state index contributed by atoms with van der Waals surface area (Å²) in [5, 5.41) is 140. The van der Waals surface area contributed by atoms with Crippen LogP contribution in [-0.4, -0.2) is 202 Å². The lowest BCUT2D eigenvalue weighted by molar-refractivity contribution is -0.378. The number of aliphatic hydroxyl groups excluding tert-OH is 13. The Morgan fingerprint density at radius 1 is 0.642 bits per heavy atom. The van der Waals surface area contributed by atoms with E-state index in [4.69, 9.17) is 28.4 Å². The van der Waals surface area contributed by atoms with Gasteiger partial charge in [-0.05, 0) is 117 Å². The minimum Gasteiger partial charge on any atom is -0.394 e. The molecule has 0 aromatic heterocycles. The van der Waals surface area contributed by atoms with E-state index in [0.717, 1.165) is 19.3 Å². The van der Waals surface area contributed by atoms with Crippen LogP contribution < -0.4 is 0 Å². The van der Waals surface area contributed by atoms with E-state index in [1.165, 1.54) is 0 Å². The normalized spacial score (nSPS) is 52.3. The van der Waals surface area contributed by atoms with Gasteiger partial charge >= 0.3 is 0 Å². The van der Waals surface area contributed by atoms with Crippen molar-refractivity contribution < 1.29 is 94.8 Å². The summed E-state index contributed by atoms with van der Waals surface area (Å²) in [7, 11) is 0. The van der Waals surface area contributed by atoms with Gasteiger partial charge in [-0.15, -0.1) is 0 Å². The monoisotopic (exact) mass is 963 g/mol. The van der Waals surface area contributed by atoms with Gasteiger partial charge in [-0.1, -0.05) is 46.8 Å². The molecule has 0 amide bonds. The summed E-state index contributed by atoms with van der Waals surface area (Å²) in [5.41, 5.74) is -2.06. The van der Waals surface area contributed by atoms with E-state index in [-0.39, 0.29) is 40.9 Å². The maximum atomic E-state index is 12.7. The SMILES string of the molecule is C=C(C)[C@@H](O)CC[C@](C)(O[C@@H]1O[C@H](CO)[C@@H](O)[C@H](O)[C@H]1O)C1CC[C@]2(C)C1[C@H](O)C[C@@H]1[C@@]3(C)CC[C@H](O[C@@H]4O[C@H](CO)[C@@H](O)[C@H](O)[C@H]4O[C@@H]4O[C@H](CO)[C@@H](O)[C@H](O)[C@H]4O)C(C)(C)C3CC[C@]12C. The molecule has 4 saturated carbocycles. The van der Waals surface area contributed by atoms with Crippen molar-refractivity contribution in [2.45, 2.75) is 222 Å². The zero-order valence-corrected chi connectivity index (χ0v) is 40.2. The quantitative estimate of drug-likeness (QED) is 0.0729. The molecular weight excluding hydrogens is 881 g/mol. The standard InChI is InChI=1S/C48H82O19/c1-21(2)23(52)10-16-48(8,67-42-39(61)36(58)33(55)26(19-50)63-42)22-9-14-47(7)31(22)24(53)17-29-45(5)13-12-30(44(3,4)28(45)11-15-46(29,47)6)65-43-40(37(59)34(56)27(20-51)64-43)66-41-38(60)35(57)32(54)25(18-49)62-41/h22-43,49-61H,1,9-20H2,2-8H3/t22?,23-,24+,25+,26+,27+,28?,29+,30-,31?,32+,33+,34+,35-,36-,37-,38+,39+,40+,41-,42-,43-,45-,46+,47+,48-/m0/s1. The Labute approximate surface area is 393 Å². The Kier molecular flexibility index (Phi) is 15.9. The Hall–Kier alpha value is -1.02. The maximum absolute atomic E-state index is 12.7. The van der Waals surface area contributed by atoms with E-state index in [9.17, 15) is 66.4 Å². The Morgan fingerprint density at radius 3 is 1.73 bits per heavy atom. The minimum atomic E-state index is -1.80. The molecule has 7 fully saturated rings. The van der Waals surface area contributed by atoms with Crippen LogP contribution in [0, 0.1) is 45.3 Å². The predicted octanol–water partition coefficient (Wildman–Crippen LogP) is -1.06. The fraction of sp³-hybridized carbons (Fsp3) is 0.958. The first-order valence-corrected chi connectivity index (χ1v) is 24.5. The Morgan fingerprint density at radius 2 is 1.16 bits per heavy atom. The smallest absolute Gasteiger partial charge is 0.187 e. The van der Waals surface area contributed by atoms with Crippen molar-refractivity contribution >= 4 is 0 Å². The van der Waals surface area contributed by atoms with Gasteiger partial charge in [-0.25, -0.2) is 0 Å². The molecule has 3 aliphatic heterocycles. The summed E-state index contributed by atoms with van der Waals surface area (Å²) >= 11 is 0. The van der Waals surface area contributed by atoms with Gasteiger partial charge in [0.05, 0.1) is 43.7 Å². The van der Waals surface area contributed by atoms with Crippen LogP contribution in [0.2, 0.25) is 0 Å². The van der Waals surface area contributed by atoms with Gasteiger partial charge in [-0.3, -0.25) is 0 Å². The van der Waals surface area contributed by atoms with Crippen molar-refractivity contribution in [3.8, 4) is 0 Å². The van der Waals surface area contributed by atoms with E-state index in [0.29, 0.717) is 37.7 Å². The largest absolute Gasteiger partial charge is 0.394 e. The van der Waals surface area contributed by atoms with Crippen LogP contribution in [0.4, 0.5) is 0 Å². The summed E-state index contributed by atoms with van der Waals surface area (Å²) in [6, 6.07) is 0. The summed E-state index contributed by atoms with van der Waals surface area (Å²) in [5.74, 6) is -0.446. The molecule has 26 atom stereocenters. The molecule has 0 aromatic rings. The van der Waals surface area contributed by atoms with E-state index < -0.39 is 147 Å². The average molecular weight is 963 g/mol. The van der Waals surface area contributed by atoms with E-state index in [1.54, 1.807) is 6.92 Å². The highest BCUT2D eigenvalue weighted by atomic mass is 16.8. The van der Waals surface area contributed by atoms with Crippen molar-refractivity contribution in [1.29, 1.82) is 0 Å². The second kappa shape index (κ2) is 19.8. The van der Waals surface area contributed by atoms with Crippen molar-refractivity contribution in [2.24, 2.45) is 45.3 Å². The van der Waals surface area contributed by atoms with Crippen LogP contribution in [0.3, 0.4) is 0 Å². The third kappa shape index (κ3) is 9.03. The third-order valence-electron chi connectivity index (χ3n) is 19.1. The molecule has 19 heteroatoms. The molecule has 0 spiro atoms. The second-order valence-corrected chi connectivity index (χ2v) is 23.0. The lowest BCUT2D eigenvalue weighted by atomic mass is 9.35. The zero-order chi connectivity index (χ0) is 49.5. The Bertz CT molecular complexity index is 1700. The van der Waals surface area contributed by atoms with Crippen LogP contribution in [0.25, 0.3) is 0 Å². The van der Waals surface area contributed by atoms with E-state index in [1.807, 2.05) is 6.92 Å². The fourth-order valence-corrected chi connectivity index (χ4v) is 14.9. The number of hydrogen-bond acceptors (Lipinski definition) is 19. The number of rotatable bonds is 14. The molecule has 3 unspecified atom stereocenters. The van der Waals surface area contributed by atoms with Crippen molar-refractivity contribution in [3.05, 3.63) is 12.2 Å². The summed E-state index contributed by atoms with van der Waals surface area (Å²) in [6.07, 6.45) is -19.9. The number of hydrogen-bond donors (Lipinski definition) is 13. The van der Waals surface area contributed by atoms with Crippen LogP contribution in [0.5, 0.6) is 0 Å². The minimum absolute atomic E-state index is 0.0563. The van der Waals surface area contributed by atoms with Gasteiger partial charge < -0.3 is 94.8 Å². The van der Waals surface area contributed by atoms with Crippen LogP contribution in [0.1, 0.15) is 106 Å². The molecule has 7 aliphatic rings. The van der Waals surface area contributed by atoms with Gasteiger partial charge in [-0.2, -0.15) is 0 Å². The van der Waals surface area contributed by atoms with Crippen LogP contribution in [-0.2, 0) is 28.4 Å². The van der Waals surface area contributed by atoms with Gasteiger partial charge in [0, 0.05) is 0 Å². The second-order valence-electron chi connectivity index (χ2n) is 23.0. The topological polar surface area (TPSA) is 318 Å². The van der Waals surface area contributed by atoms with Gasteiger partial charge in [0.2, 0.25) is 0 Å². The first kappa shape index (κ1) is 53.8. The van der Waals surface area contributed by atoms with Gasteiger partial charge in [0.25, 0.3) is 0 Å². The summed E-state index contributed by atoms with van der Waals surface area (Å²) in [6.45, 7) is 16.8. The molecule has 13 N–H and O–H groups in total. The number of fused-ring (bicyclic) bond motifs is 5. The molecule has 67 heavy (non-hydrogen) atoms. The number of ether oxygens (including phenoxy) is 6. The van der Waals surface area contributed by atoms with Gasteiger partial charge in [0.15, 0.2) is 18.9 Å². The summed E-state index contributed by atoms with van der Waals surface area (Å²) in [4.78, 5) is 0. The molecule has 7 rings (SSSR count). The summed E-state index contributed by atoms with van der Waals surface area (Å²) < 4.78 is 37.1. The highest BCUT2D eigenvalue weighted by Crippen LogP contribution is 2.76. The fourth-order valence-electron chi connectivity index (χ4n) is 14.9. The predicted molar refractivity (Wildman–Crippen MR) is 235 cm³/mol. The molecule has 0 bridgehead atoms. The van der Waals surface area contributed by atoms with E-state index in [2.05, 4.69) is 41.2 Å². The first-order chi connectivity index (χ1) is 31.3. The third-order valence-corrected chi connectivity index (χ3v) is 19.1. The number of aliphatic hydroxyl groups is 13. The molecule has 388 valence electrons. The Balaban J connectivity index is 1.13. The molecular formula is C48H82O19. The lowest BCUT2D eigenvalue weighted by Gasteiger charge is -2.71. The van der Waals surface area contributed by atoms with Gasteiger partial charge in [0.1, 0.15) is 73.2 Å². The molecule has 3 saturated heterocycles. The lowest BCUT2D eigenvalue weighted by Crippen LogP contribution is -2.68. The molecule has 3 heterocycles. The first-order valence-electron chi connectivity index (χ1n) is 24.5.